The third kappa shape index (κ3) is 8.25. The van der Waals surface area contributed by atoms with E-state index in [-0.39, 0.29) is 24.0 Å². The van der Waals surface area contributed by atoms with Gasteiger partial charge in [0, 0.05) is 38.8 Å². The van der Waals surface area contributed by atoms with Crippen molar-refractivity contribution in [2.45, 2.75) is 52.6 Å². The molecule has 2 rings (SSSR count). The first-order valence-corrected chi connectivity index (χ1v) is 9.90. The van der Waals surface area contributed by atoms with E-state index in [0.717, 1.165) is 50.8 Å². The first-order valence-electron chi connectivity index (χ1n) is 9.90. The number of nitrogens with zero attached hydrogens (tertiary/aromatic N) is 2. The zero-order valence-electron chi connectivity index (χ0n) is 17.5. The number of hydrogen-bond acceptors (Lipinski definition) is 3. The van der Waals surface area contributed by atoms with E-state index in [2.05, 4.69) is 60.4 Å². The van der Waals surface area contributed by atoms with Crippen molar-refractivity contribution in [3.05, 3.63) is 29.8 Å². The maximum atomic E-state index is 5.77. The number of likely N-dealkylation sites (tertiary alicyclic amines) is 1. The van der Waals surface area contributed by atoms with Gasteiger partial charge in [0.15, 0.2) is 5.96 Å². The van der Waals surface area contributed by atoms with E-state index >= 15 is 0 Å². The molecule has 0 saturated carbocycles. The fourth-order valence-electron chi connectivity index (χ4n) is 3.24. The molecule has 0 amide bonds. The Kier molecular flexibility index (Phi) is 11.1. The number of halogens is 1. The van der Waals surface area contributed by atoms with Gasteiger partial charge in [0.25, 0.3) is 0 Å². The number of nitrogens with one attached hydrogen (secondary N) is 2. The number of unbranched alkanes of at least 4 members (excludes halogenated alkanes) is 1. The Morgan fingerprint density at radius 3 is 2.52 bits per heavy atom. The molecule has 154 valence electrons. The molecule has 0 aromatic heterocycles. The van der Waals surface area contributed by atoms with Crippen LogP contribution in [0, 0.1) is 12.8 Å². The number of benzene rings is 1. The number of aryl methyl sites for hydroxylation is 1. The van der Waals surface area contributed by atoms with E-state index in [4.69, 9.17) is 4.74 Å². The molecule has 2 N–H and O–H groups in total. The molecule has 1 aromatic rings. The van der Waals surface area contributed by atoms with Crippen molar-refractivity contribution in [2.24, 2.45) is 10.9 Å². The lowest BCUT2D eigenvalue weighted by molar-refractivity contribution is 0.265. The summed E-state index contributed by atoms with van der Waals surface area (Å²) in [6.07, 6.45) is 2.09. The number of hydrogen-bond donors (Lipinski definition) is 2. The maximum absolute atomic E-state index is 5.77. The summed E-state index contributed by atoms with van der Waals surface area (Å²) in [4.78, 5) is 6.90. The monoisotopic (exact) mass is 488 g/mol. The molecule has 6 heteroatoms. The van der Waals surface area contributed by atoms with Crippen molar-refractivity contribution in [2.75, 3.05) is 33.3 Å². The second-order valence-corrected chi connectivity index (χ2v) is 7.64. The molecule has 2 unspecified atom stereocenters. The van der Waals surface area contributed by atoms with Crippen LogP contribution in [0.5, 0.6) is 5.75 Å². The van der Waals surface area contributed by atoms with Gasteiger partial charge in [-0.2, -0.15) is 0 Å². The third-order valence-electron chi connectivity index (χ3n) is 5.07. The van der Waals surface area contributed by atoms with E-state index in [1.165, 1.54) is 5.56 Å². The minimum absolute atomic E-state index is 0. The van der Waals surface area contributed by atoms with Gasteiger partial charge in [0.05, 0.1) is 6.61 Å². The van der Waals surface area contributed by atoms with Gasteiger partial charge in [0.2, 0.25) is 0 Å². The fraction of sp³-hybridized carbons (Fsp3) is 0.667. The van der Waals surface area contributed by atoms with Crippen LogP contribution in [0.1, 0.15) is 39.2 Å². The molecule has 1 heterocycles. The van der Waals surface area contributed by atoms with Gasteiger partial charge >= 0.3 is 0 Å². The smallest absolute Gasteiger partial charge is 0.191 e. The van der Waals surface area contributed by atoms with Crippen LogP contribution < -0.4 is 15.4 Å². The van der Waals surface area contributed by atoms with Crippen LogP contribution in [0.3, 0.4) is 0 Å². The summed E-state index contributed by atoms with van der Waals surface area (Å²) in [5.74, 6) is 2.50. The standard InChI is InChI=1S/C21H36N4O.HI/c1-16(2)25-14-18(4)20(15-25)24-21(22-5)23-12-6-7-13-26-19-10-8-17(3)9-11-19;/h8-11,16,18,20H,6-7,12-15H2,1-5H3,(H2,22,23,24);1H. The Labute approximate surface area is 182 Å². The lowest BCUT2D eigenvalue weighted by Gasteiger charge is -2.22. The highest BCUT2D eigenvalue weighted by atomic mass is 127. The molecule has 0 aliphatic carbocycles. The molecule has 1 aliphatic heterocycles. The van der Waals surface area contributed by atoms with Crippen LogP contribution in [0.4, 0.5) is 0 Å². The summed E-state index contributed by atoms with van der Waals surface area (Å²) in [6.45, 7) is 12.8. The zero-order chi connectivity index (χ0) is 18.9. The highest BCUT2D eigenvalue weighted by molar-refractivity contribution is 14.0. The largest absolute Gasteiger partial charge is 0.494 e. The van der Waals surface area contributed by atoms with Crippen LogP contribution in [-0.4, -0.2) is 56.2 Å². The van der Waals surface area contributed by atoms with Crippen LogP contribution >= 0.6 is 24.0 Å². The van der Waals surface area contributed by atoms with Gasteiger partial charge in [0.1, 0.15) is 5.75 Å². The van der Waals surface area contributed by atoms with Crippen molar-refractivity contribution in [1.29, 1.82) is 0 Å². The normalized spacial score (nSPS) is 20.4. The summed E-state index contributed by atoms with van der Waals surface area (Å²) >= 11 is 0. The Morgan fingerprint density at radius 1 is 1.22 bits per heavy atom. The second kappa shape index (κ2) is 12.4. The number of ether oxygens (including phenoxy) is 1. The van der Waals surface area contributed by atoms with Gasteiger partial charge in [-0.25, -0.2) is 0 Å². The average molecular weight is 488 g/mol. The highest BCUT2D eigenvalue weighted by Crippen LogP contribution is 2.18. The van der Waals surface area contributed by atoms with Crippen molar-refractivity contribution in [3.8, 4) is 5.75 Å². The quantitative estimate of drug-likeness (QED) is 0.254. The molecular formula is C21H37IN4O. The lowest BCUT2D eigenvalue weighted by atomic mass is 10.1. The van der Waals surface area contributed by atoms with E-state index in [1.807, 2.05) is 19.2 Å². The van der Waals surface area contributed by atoms with Crippen molar-refractivity contribution in [3.63, 3.8) is 0 Å². The van der Waals surface area contributed by atoms with Crippen molar-refractivity contribution in [1.82, 2.24) is 15.5 Å². The summed E-state index contributed by atoms with van der Waals surface area (Å²) in [6, 6.07) is 9.29. The van der Waals surface area contributed by atoms with E-state index in [9.17, 15) is 0 Å². The maximum Gasteiger partial charge on any atom is 0.191 e. The SMILES string of the molecule is CN=C(NCCCCOc1ccc(C)cc1)NC1CN(C(C)C)CC1C.I. The van der Waals surface area contributed by atoms with E-state index in [1.54, 1.807) is 0 Å². The third-order valence-corrected chi connectivity index (χ3v) is 5.07. The molecule has 0 bridgehead atoms. The van der Waals surface area contributed by atoms with Crippen molar-refractivity contribution < 1.29 is 4.74 Å². The van der Waals surface area contributed by atoms with Gasteiger partial charge in [-0.15, -0.1) is 24.0 Å². The summed E-state index contributed by atoms with van der Waals surface area (Å²) in [7, 11) is 1.84. The first kappa shape index (κ1) is 24.0. The Bertz CT molecular complexity index is 562. The fourth-order valence-corrected chi connectivity index (χ4v) is 3.24. The number of guanidine groups is 1. The molecule has 2 atom stereocenters. The lowest BCUT2D eigenvalue weighted by Crippen LogP contribution is -2.47. The predicted molar refractivity (Wildman–Crippen MR) is 125 cm³/mol. The molecule has 27 heavy (non-hydrogen) atoms. The van der Waals surface area contributed by atoms with E-state index < -0.39 is 0 Å². The molecule has 1 aliphatic rings. The van der Waals surface area contributed by atoms with Crippen LogP contribution in [0.25, 0.3) is 0 Å². The molecule has 1 fully saturated rings. The van der Waals surface area contributed by atoms with E-state index in [0.29, 0.717) is 18.0 Å². The minimum Gasteiger partial charge on any atom is -0.494 e. The Hall–Kier alpha value is -1.02. The molecule has 1 aromatic carbocycles. The number of aliphatic imine (C=N–C) groups is 1. The Balaban J connectivity index is 0.00000364. The molecular weight excluding hydrogens is 451 g/mol. The summed E-state index contributed by atoms with van der Waals surface area (Å²) < 4.78 is 5.77. The first-order chi connectivity index (χ1) is 12.5. The highest BCUT2D eigenvalue weighted by Gasteiger charge is 2.31. The van der Waals surface area contributed by atoms with Gasteiger partial charge < -0.3 is 15.4 Å². The van der Waals surface area contributed by atoms with Gasteiger partial charge in [-0.05, 0) is 51.7 Å². The Morgan fingerprint density at radius 2 is 1.93 bits per heavy atom. The van der Waals surface area contributed by atoms with Crippen LogP contribution in [0.15, 0.2) is 29.3 Å². The summed E-state index contributed by atoms with van der Waals surface area (Å²) in [5.41, 5.74) is 1.26. The number of rotatable bonds is 8. The molecule has 5 nitrogen and oxygen atoms in total. The van der Waals surface area contributed by atoms with Gasteiger partial charge in [-0.3, -0.25) is 9.89 Å². The topological polar surface area (TPSA) is 48.9 Å². The van der Waals surface area contributed by atoms with Crippen LogP contribution in [0.2, 0.25) is 0 Å². The predicted octanol–water partition coefficient (Wildman–Crippen LogP) is 3.67. The molecule has 0 radical (unpaired) electrons. The minimum atomic E-state index is 0. The summed E-state index contributed by atoms with van der Waals surface area (Å²) in [5, 5.41) is 7.02. The van der Waals surface area contributed by atoms with Crippen LogP contribution in [-0.2, 0) is 0 Å². The second-order valence-electron chi connectivity index (χ2n) is 7.64. The van der Waals surface area contributed by atoms with Gasteiger partial charge in [-0.1, -0.05) is 24.6 Å². The molecule has 0 spiro atoms. The average Bonchev–Trinajstić information content (AvgIpc) is 2.99. The zero-order valence-corrected chi connectivity index (χ0v) is 19.8. The van der Waals surface area contributed by atoms with Crippen molar-refractivity contribution >= 4 is 29.9 Å². The molecule has 1 saturated heterocycles.